The van der Waals surface area contributed by atoms with Crippen LogP contribution in [0, 0.1) is 0 Å². The van der Waals surface area contributed by atoms with Crippen molar-refractivity contribution in [1.29, 1.82) is 0 Å². The maximum Gasteiger partial charge on any atom is 0.409 e. The minimum Gasteiger partial charge on any atom is -0.490 e. The van der Waals surface area contributed by atoms with Gasteiger partial charge in [-0.1, -0.05) is 18.2 Å². The number of amides is 1. The number of piperidine rings is 1. The number of aliphatic imine (C=N–C) groups is 1. The Morgan fingerprint density at radius 1 is 1.21 bits per heavy atom. The molecule has 1 saturated carbocycles. The summed E-state index contributed by atoms with van der Waals surface area (Å²) >= 11 is 0. The molecule has 0 bridgehead atoms. The molecule has 1 aliphatic carbocycles. The molecule has 0 atom stereocenters. The number of para-hydroxylation sites is 1. The number of carbonyl (C=O) groups is 1. The second kappa shape index (κ2) is 10.2. The third-order valence-corrected chi connectivity index (χ3v) is 5.34. The van der Waals surface area contributed by atoms with Crippen molar-refractivity contribution >= 4 is 12.1 Å². The molecular weight excluding hydrogens is 356 g/mol. The zero-order chi connectivity index (χ0) is 19.8. The molecule has 1 saturated heterocycles. The molecule has 0 radical (unpaired) electrons. The van der Waals surface area contributed by atoms with Gasteiger partial charge < -0.3 is 25.0 Å². The van der Waals surface area contributed by atoms with Gasteiger partial charge in [-0.15, -0.1) is 0 Å². The maximum atomic E-state index is 11.6. The van der Waals surface area contributed by atoms with E-state index < -0.39 is 0 Å². The van der Waals surface area contributed by atoms with Gasteiger partial charge in [-0.25, -0.2) is 9.79 Å². The van der Waals surface area contributed by atoms with E-state index in [0.29, 0.717) is 31.8 Å². The second-order valence-corrected chi connectivity index (χ2v) is 7.35. The van der Waals surface area contributed by atoms with Crippen LogP contribution in [0.5, 0.6) is 5.75 Å². The number of carbonyl (C=O) groups excluding carboxylic acids is 1. The highest BCUT2D eigenvalue weighted by Crippen LogP contribution is 2.27. The highest BCUT2D eigenvalue weighted by molar-refractivity contribution is 5.80. The predicted molar refractivity (Wildman–Crippen MR) is 110 cm³/mol. The molecule has 0 aromatic heterocycles. The summed E-state index contributed by atoms with van der Waals surface area (Å²) in [4.78, 5) is 18.1. The average Bonchev–Trinajstić information content (AvgIpc) is 2.69. The van der Waals surface area contributed by atoms with Gasteiger partial charge in [-0.2, -0.15) is 0 Å². The monoisotopic (exact) mass is 388 g/mol. The van der Waals surface area contributed by atoms with Crippen LogP contribution >= 0.6 is 0 Å². The van der Waals surface area contributed by atoms with Gasteiger partial charge in [0, 0.05) is 31.2 Å². The average molecular weight is 389 g/mol. The van der Waals surface area contributed by atoms with Crippen molar-refractivity contribution in [3.8, 4) is 5.75 Å². The van der Waals surface area contributed by atoms with Crippen molar-refractivity contribution in [2.45, 2.75) is 57.7 Å². The van der Waals surface area contributed by atoms with Crippen LogP contribution in [0.3, 0.4) is 0 Å². The summed E-state index contributed by atoms with van der Waals surface area (Å²) in [5, 5.41) is 6.83. The molecular formula is C21H32N4O3. The van der Waals surface area contributed by atoms with Gasteiger partial charge in [-0.05, 0) is 45.1 Å². The van der Waals surface area contributed by atoms with E-state index >= 15 is 0 Å². The van der Waals surface area contributed by atoms with Gasteiger partial charge in [0.1, 0.15) is 5.75 Å². The lowest BCUT2D eigenvalue weighted by Gasteiger charge is -2.32. The third kappa shape index (κ3) is 5.53. The van der Waals surface area contributed by atoms with Gasteiger partial charge in [0.2, 0.25) is 0 Å². The van der Waals surface area contributed by atoms with Gasteiger partial charge in [0.25, 0.3) is 0 Å². The SMILES string of the molecule is CCNC(=NCc1ccccc1OC1CCC1)NC1CCN(C(=O)OC)CC1. The fourth-order valence-electron chi connectivity index (χ4n) is 3.43. The molecule has 1 amide bonds. The van der Waals surface area contributed by atoms with Crippen molar-refractivity contribution in [2.24, 2.45) is 4.99 Å². The van der Waals surface area contributed by atoms with E-state index in [0.717, 1.165) is 49.5 Å². The molecule has 7 nitrogen and oxygen atoms in total. The van der Waals surface area contributed by atoms with E-state index in [1.807, 2.05) is 18.2 Å². The normalized spacial score (nSPS) is 18.4. The number of nitrogens with one attached hydrogen (secondary N) is 2. The van der Waals surface area contributed by atoms with E-state index in [1.165, 1.54) is 13.5 Å². The van der Waals surface area contributed by atoms with Gasteiger partial charge in [0.15, 0.2) is 5.96 Å². The first-order chi connectivity index (χ1) is 13.7. The summed E-state index contributed by atoms with van der Waals surface area (Å²) in [5.74, 6) is 1.75. The molecule has 2 aliphatic rings. The number of benzene rings is 1. The van der Waals surface area contributed by atoms with Crippen LogP contribution < -0.4 is 15.4 Å². The highest BCUT2D eigenvalue weighted by atomic mass is 16.5. The summed E-state index contributed by atoms with van der Waals surface area (Å²) < 4.78 is 10.9. The van der Waals surface area contributed by atoms with Crippen molar-refractivity contribution < 1.29 is 14.3 Å². The first-order valence-corrected chi connectivity index (χ1v) is 10.3. The number of ether oxygens (including phenoxy) is 2. The predicted octanol–water partition coefficient (Wildman–Crippen LogP) is 2.90. The lowest BCUT2D eigenvalue weighted by atomic mass is 9.96. The van der Waals surface area contributed by atoms with Crippen LogP contribution in [0.4, 0.5) is 4.79 Å². The van der Waals surface area contributed by atoms with E-state index in [-0.39, 0.29) is 6.09 Å². The standard InChI is InChI=1S/C21H32N4O3/c1-3-22-20(24-17-11-13-25(14-12-17)21(26)27-2)23-15-16-7-4-5-10-19(16)28-18-8-6-9-18/h4-5,7,10,17-18H,3,6,8-9,11-15H2,1-2H3,(H2,22,23,24). The molecule has 3 rings (SSSR count). The van der Waals surface area contributed by atoms with Crippen molar-refractivity contribution in [2.75, 3.05) is 26.7 Å². The third-order valence-electron chi connectivity index (χ3n) is 5.34. The molecule has 2 N–H and O–H groups in total. The zero-order valence-electron chi connectivity index (χ0n) is 16.9. The zero-order valence-corrected chi connectivity index (χ0v) is 16.9. The van der Waals surface area contributed by atoms with E-state index in [9.17, 15) is 4.79 Å². The fourth-order valence-corrected chi connectivity index (χ4v) is 3.43. The van der Waals surface area contributed by atoms with E-state index in [1.54, 1.807) is 4.90 Å². The van der Waals surface area contributed by atoms with E-state index in [4.69, 9.17) is 14.5 Å². The smallest absolute Gasteiger partial charge is 0.409 e. The molecule has 7 heteroatoms. The van der Waals surface area contributed by atoms with Crippen LogP contribution in [-0.4, -0.2) is 55.8 Å². The summed E-state index contributed by atoms with van der Waals surface area (Å²) in [6.07, 6.45) is 5.41. The largest absolute Gasteiger partial charge is 0.490 e. The quantitative estimate of drug-likeness (QED) is 0.579. The minimum absolute atomic E-state index is 0.248. The molecule has 1 aromatic carbocycles. The van der Waals surface area contributed by atoms with Crippen LogP contribution in [-0.2, 0) is 11.3 Å². The van der Waals surface area contributed by atoms with E-state index in [2.05, 4.69) is 23.6 Å². The number of methoxy groups -OCH3 is 1. The Labute approximate surface area is 167 Å². The highest BCUT2D eigenvalue weighted by Gasteiger charge is 2.24. The molecule has 2 fully saturated rings. The summed E-state index contributed by atoms with van der Waals surface area (Å²) in [6.45, 7) is 4.82. The fraction of sp³-hybridized carbons (Fsp3) is 0.619. The van der Waals surface area contributed by atoms with Crippen molar-refractivity contribution in [3.63, 3.8) is 0 Å². The van der Waals surface area contributed by atoms with Crippen LogP contribution in [0.2, 0.25) is 0 Å². The Bertz CT molecular complexity index is 667. The van der Waals surface area contributed by atoms with Crippen LogP contribution in [0.15, 0.2) is 29.3 Å². The first-order valence-electron chi connectivity index (χ1n) is 10.3. The van der Waals surface area contributed by atoms with Crippen LogP contribution in [0.1, 0.15) is 44.6 Å². The Hall–Kier alpha value is -2.44. The Morgan fingerprint density at radius 3 is 2.61 bits per heavy atom. The molecule has 0 unspecified atom stereocenters. The summed E-state index contributed by atoms with van der Waals surface area (Å²) in [6, 6.07) is 8.45. The van der Waals surface area contributed by atoms with Crippen molar-refractivity contribution in [1.82, 2.24) is 15.5 Å². The number of hydrogen-bond donors (Lipinski definition) is 2. The number of likely N-dealkylation sites (tertiary alicyclic amines) is 1. The molecule has 154 valence electrons. The van der Waals surface area contributed by atoms with Crippen molar-refractivity contribution in [3.05, 3.63) is 29.8 Å². The number of guanidine groups is 1. The lowest BCUT2D eigenvalue weighted by Crippen LogP contribution is -2.49. The summed E-state index contributed by atoms with van der Waals surface area (Å²) in [5.41, 5.74) is 1.10. The molecule has 0 spiro atoms. The molecule has 28 heavy (non-hydrogen) atoms. The molecule has 1 aromatic rings. The Morgan fingerprint density at radius 2 is 1.96 bits per heavy atom. The second-order valence-electron chi connectivity index (χ2n) is 7.35. The lowest BCUT2D eigenvalue weighted by molar-refractivity contribution is 0.111. The topological polar surface area (TPSA) is 75.2 Å². The number of hydrogen-bond acceptors (Lipinski definition) is 4. The van der Waals surface area contributed by atoms with Crippen LogP contribution in [0.25, 0.3) is 0 Å². The first kappa shape index (κ1) is 20.3. The molecule has 1 heterocycles. The maximum absolute atomic E-state index is 11.6. The summed E-state index contributed by atoms with van der Waals surface area (Å²) in [7, 11) is 1.43. The Kier molecular flexibility index (Phi) is 7.39. The number of rotatable bonds is 6. The van der Waals surface area contributed by atoms with Gasteiger partial charge in [-0.3, -0.25) is 0 Å². The molecule has 1 aliphatic heterocycles. The Balaban J connectivity index is 1.57. The minimum atomic E-state index is -0.248. The number of nitrogens with zero attached hydrogens (tertiary/aromatic N) is 2. The van der Waals surface area contributed by atoms with Gasteiger partial charge in [0.05, 0.1) is 19.8 Å². The van der Waals surface area contributed by atoms with Gasteiger partial charge >= 0.3 is 6.09 Å².